The molecular weight excluding hydrogens is 775 g/mol. The van der Waals surface area contributed by atoms with Crippen LogP contribution in [0.25, 0.3) is 0 Å². The Morgan fingerprint density at radius 3 is 1.36 bits per heavy atom. The Labute approximate surface area is 373 Å². The lowest BCUT2D eigenvalue weighted by molar-refractivity contribution is -0.303. The fourth-order valence-electron chi connectivity index (χ4n) is 8.54. The highest BCUT2D eigenvalue weighted by Gasteiger charge is 2.44. The quantitative estimate of drug-likeness (QED) is 0.0274. The van der Waals surface area contributed by atoms with Gasteiger partial charge in [0.15, 0.2) is 6.29 Å². The number of aliphatic hydroxyl groups is 7. The van der Waals surface area contributed by atoms with Crippen molar-refractivity contribution >= 4 is 5.91 Å². The second-order valence-corrected chi connectivity index (χ2v) is 18.9. The summed E-state index contributed by atoms with van der Waals surface area (Å²) in [5.41, 5.74) is 0. The van der Waals surface area contributed by atoms with Crippen LogP contribution >= 0.6 is 0 Å². The summed E-state index contributed by atoms with van der Waals surface area (Å²) in [7, 11) is 0. The first-order valence-corrected chi connectivity index (χ1v) is 25.8. The van der Waals surface area contributed by atoms with Crippen LogP contribution < -0.4 is 5.32 Å². The van der Waals surface area contributed by atoms with Crippen molar-refractivity contribution in [2.75, 3.05) is 13.2 Å². The summed E-state index contributed by atoms with van der Waals surface area (Å²) in [5, 5.41) is 75.8. The fourth-order valence-corrected chi connectivity index (χ4v) is 8.54. The van der Waals surface area contributed by atoms with Gasteiger partial charge in [-0.25, -0.2) is 0 Å². The van der Waals surface area contributed by atoms with Gasteiger partial charge in [0.2, 0.25) is 5.91 Å². The smallest absolute Gasteiger partial charge is 0.249 e. The Bertz CT molecular complexity index is 975. The second-order valence-electron chi connectivity index (χ2n) is 18.9. The molecule has 0 radical (unpaired) electrons. The van der Waals surface area contributed by atoms with Gasteiger partial charge in [-0.05, 0) is 18.8 Å². The molecule has 0 aliphatic carbocycles. The van der Waals surface area contributed by atoms with Crippen molar-refractivity contribution in [2.24, 2.45) is 5.92 Å². The van der Waals surface area contributed by atoms with Gasteiger partial charge in [0, 0.05) is 0 Å². The fraction of sp³-hybridized carbons (Fsp3) is 0.980. The van der Waals surface area contributed by atoms with Crippen LogP contribution in [0.5, 0.6) is 0 Å². The van der Waals surface area contributed by atoms with Gasteiger partial charge >= 0.3 is 0 Å². The number of rotatable bonds is 43. The molecule has 1 heterocycles. The Balaban J connectivity index is 2.35. The van der Waals surface area contributed by atoms with Crippen molar-refractivity contribution < 1.29 is 50.0 Å². The third kappa shape index (κ3) is 29.3. The van der Waals surface area contributed by atoms with Crippen LogP contribution in [0.15, 0.2) is 0 Å². The summed E-state index contributed by atoms with van der Waals surface area (Å²) >= 11 is 0. The highest BCUT2D eigenvalue weighted by Crippen LogP contribution is 2.23. The average Bonchev–Trinajstić information content (AvgIpc) is 3.26. The molecule has 10 atom stereocenters. The maximum Gasteiger partial charge on any atom is 0.249 e. The number of aliphatic hydroxyl groups excluding tert-OH is 7. The lowest BCUT2D eigenvalue weighted by Crippen LogP contribution is -2.60. The first kappa shape index (κ1) is 58.1. The van der Waals surface area contributed by atoms with Crippen molar-refractivity contribution in [3.8, 4) is 0 Å². The van der Waals surface area contributed by atoms with E-state index in [9.17, 15) is 40.5 Å². The van der Waals surface area contributed by atoms with E-state index in [0.717, 1.165) is 44.4 Å². The van der Waals surface area contributed by atoms with Crippen LogP contribution in [-0.2, 0) is 14.3 Å². The number of amides is 1. The monoisotopic (exact) mass is 874 g/mol. The summed E-state index contributed by atoms with van der Waals surface area (Å²) in [6.45, 7) is 5.79. The number of ether oxygens (including phenoxy) is 2. The molecule has 0 spiro atoms. The van der Waals surface area contributed by atoms with Crippen molar-refractivity contribution in [3.63, 3.8) is 0 Å². The molecule has 1 unspecified atom stereocenters. The van der Waals surface area contributed by atoms with Gasteiger partial charge in [0.1, 0.15) is 36.6 Å². The zero-order valence-corrected chi connectivity index (χ0v) is 39.6. The molecule has 1 saturated heterocycles. The molecule has 11 nitrogen and oxygen atoms in total. The van der Waals surface area contributed by atoms with Gasteiger partial charge in [-0.2, -0.15) is 0 Å². The zero-order chi connectivity index (χ0) is 44.9. The molecule has 0 aromatic carbocycles. The van der Waals surface area contributed by atoms with Crippen LogP contribution in [0.1, 0.15) is 239 Å². The Hall–Kier alpha value is -0.890. The maximum absolute atomic E-state index is 13.1. The lowest BCUT2D eigenvalue weighted by Gasteiger charge is -2.40. The normalized spacial score (nSPS) is 21.9. The minimum Gasteiger partial charge on any atom is -0.394 e. The number of hydrogen-bond donors (Lipinski definition) is 8. The minimum atomic E-state index is -1.66. The standard InChI is InChI=1S/C50H99NO10/c1-4-6-7-8-9-10-11-12-13-14-15-16-17-18-19-20-21-24-28-31-34-37-43(54)49(59)51-41(39-60-50-48(58)47(57)46(56)44(38-52)61-50)45(55)42(53)36-33-30-27-25-22-23-26-29-32-35-40(3)5-2/h40-48,50,52-58H,4-39H2,1-3H3,(H,51,59)/t40?,41-,42+,43+,44-,45-,46-,47-,48-,50-/m0/s1. The molecule has 11 heteroatoms. The molecule has 61 heavy (non-hydrogen) atoms. The van der Waals surface area contributed by atoms with Crippen LogP contribution in [0.4, 0.5) is 0 Å². The van der Waals surface area contributed by atoms with Gasteiger partial charge in [-0.1, -0.05) is 226 Å². The molecule has 1 amide bonds. The third-order valence-corrected chi connectivity index (χ3v) is 13.2. The lowest BCUT2D eigenvalue weighted by atomic mass is 9.98. The van der Waals surface area contributed by atoms with Crippen LogP contribution in [0.3, 0.4) is 0 Å². The van der Waals surface area contributed by atoms with Gasteiger partial charge in [-0.3, -0.25) is 4.79 Å². The van der Waals surface area contributed by atoms with Crippen LogP contribution in [-0.4, -0.2) is 110 Å². The van der Waals surface area contributed by atoms with E-state index >= 15 is 0 Å². The van der Waals surface area contributed by atoms with E-state index < -0.39 is 74.2 Å². The van der Waals surface area contributed by atoms with Crippen molar-refractivity contribution in [1.82, 2.24) is 5.32 Å². The Morgan fingerprint density at radius 1 is 0.557 bits per heavy atom. The van der Waals surface area contributed by atoms with Crippen molar-refractivity contribution in [3.05, 3.63) is 0 Å². The molecule has 0 bridgehead atoms. The van der Waals surface area contributed by atoms with E-state index in [4.69, 9.17) is 9.47 Å². The molecule has 0 aromatic rings. The van der Waals surface area contributed by atoms with E-state index in [1.54, 1.807) is 0 Å². The molecule has 1 aliphatic heterocycles. The third-order valence-electron chi connectivity index (χ3n) is 13.2. The number of carbonyl (C=O) groups excluding carboxylic acids is 1. The SMILES string of the molecule is CCCCCCCCCCCCCCCCCCCCCCC[C@@H](O)C(=O)N[C@@H](CO[C@H]1O[C@@H](CO)[C@H](O)[C@H](O)[C@@H]1O)[C@H](O)[C@H](O)CCCCCCCCCCCC(C)CC. The molecule has 1 rings (SSSR count). The number of unbranched alkanes of at least 4 members (excludes halogenated alkanes) is 28. The van der Waals surface area contributed by atoms with E-state index in [1.165, 1.54) is 154 Å². The maximum atomic E-state index is 13.1. The Morgan fingerprint density at radius 2 is 0.951 bits per heavy atom. The summed E-state index contributed by atoms with van der Waals surface area (Å²) in [6.07, 6.45) is 28.7. The summed E-state index contributed by atoms with van der Waals surface area (Å²) < 4.78 is 11.1. The van der Waals surface area contributed by atoms with Crippen molar-refractivity contribution in [1.29, 1.82) is 0 Å². The molecule has 1 aliphatic rings. The minimum absolute atomic E-state index is 0.266. The predicted octanol–water partition coefficient (Wildman–Crippen LogP) is 9.31. The number of hydrogen-bond acceptors (Lipinski definition) is 10. The van der Waals surface area contributed by atoms with E-state index in [2.05, 4.69) is 26.1 Å². The molecule has 8 N–H and O–H groups in total. The highest BCUT2D eigenvalue weighted by atomic mass is 16.7. The van der Waals surface area contributed by atoms with E-state index in [0.29, 0.717) is 19.3 Å². The molecule has 0 saturated carbocycles. The summed E-state index contributed by atoms with van der Waals surface area (Å²) in [5.74, 6) is 0.122. The summed E-state index contributed by atoms with van der Waals surface area (Å²) in [4.78, 5) is 13.1. The molecular formula is C50H99NO10. The number of carbonyl (C=O) groups is 1. The van der Waals surface area contributed by atoms with Crippen molar-refractivity contribution in [2.45, 2.75) is 294 Å². The number of nitrogens with one attached hydrogen (secondary N) is 1. The van der Waals surface area contributed by atoms with Gasteiger partial charge in [0.25, 0.3) is 0 Å². The first-order chi connectivity index (χ1) is 29.6. The molecule has 0 aromatic heterocycles. The van der Waals surface area contributed by atoms with Crippen LogP contribution in [0, 0.1) is 5.92 Å². The Kier molecular flexibility index (Phi) is 37.6. The second kappa shape index (κ2) is 39.5. The largest absolute Gasteiger partial charge is 0.394 e. The van der Waals surface area contributed by atoms with E-state index in [-0.39, 0.29) is 6.42 Å². The van der Waals surface area contributed by atoms with Gasteiger partial charge < -0.3 is 50.5 Å². The zero-order valence-electron chi connectivity index (χ0n) is 39.6. The molecule has 364 valence electrons. The molecule has 1 fully saturated rings. The van der Waals surface area contributed by atoms with E-state index in [1.807, 2.05) is 0 Å². The first-order valence-electron chi connectivity index (χ1n) is 25.8. The summed E-state index contributed by atoms with van der Waals surface area (Å²) in [6, 6.07) is -1.16. The van der Waals surface area contributed by atoms with Gasteiger partial charge in [-0.15, -0.1) is 0 Å². The van der Waals surface area contributed by atoms with Crippen LogP contribution in [0.2, 0.25) is 0 Å². The predicted molar refractivity (Wildman–Crippen MR) is 247 cm³/mol. The topological polar surface area (TPSA) is 189 Å². The van der Waals surface area contributed by atoms with Gasteiger partial charge in [0.05, 0.1) is 25.4 Å². The average molecular weight is 874 g/mol. The highest BCUT2D eigenvalue weighted by molar-refractivity contribution is 5.80.